The van der Waals surface area contributed by atoms with E-state index in [9.17, 15) is 0 Å². The lowest BCUT2D eigenvalue weighted by Gasteiger charge is -2.12. The molecule has 3 aromatic heterocycles. The number of para-hydroxylation sites is 1. The third-order valence-corrected chi connectivity index (χ3v) is 8.14. The monoisotopic (exact) mass is 550 g/mol. The fourth-order valence-electron chi connectivity index (χ4n) is 6.08. The fourth-order valence-corrected chi connectivity index (χ4v) is 6.08. The fraction of sp³-hybridized carbons (Fsp3) is 0. The Balaban J connectivity index is 1.31. The third-order valence-electron chi connectivity index (χ3n) is 8.14. The number of aromatic nitrogens is 4. The predicted molar refractivity (Wildman–Crippen MR) is 174 cm³/mol. The van der Waals surface area contributed by atoms with Crippen LogP contribution in [-0.4, -0.2) is 19.9 Å². The molecular formula is C38H22N4O. The summed E-state index contributed by atoms with van der Waals surface area (Å²) in [5, 5.41) is 7.56. The average Bonchev–Trinajstić information content (AvgIpc) is 3.47. The van der Waals surface area contributed by atoms with Gasteiger partial charge >= 0.3 is 0 Å². The van der Waals surface area contributed by atoms with Gasteiger partial charge in [-0.25, -0.2) is 15.0 Å². The number of furan rings is 1. The highest BCUT2D eigenvalue weighted by Crippen LogP contribution is 2.37. The first-order valence-corrected chi connectivity index (χ1v) is 14.2. The van der Waals surface area contributed by atoms with E-state index < -0.39 is 0 Å². The summed E-state index contributed by atoms with van der Waals surface area (Å²) >= 11 is 0. The summed E-state index contributed by atoms with van der Waals surface area (Å²) in [7, 11) is 0. The van der Waals surface area contributed by atoms with E-state index in [0.717, 1.165) is 60.3 Å². The molecule has 5 heteroatoms. The average molecular weight is 551 g/mol. The molecule has 0 aliphatic carbocycles. The van der Waals surface area contributed by atoms with E-state index in [0.29, 0.717) is 17.5 Å². The van der Waals surface area contributed by atoms with Crippen molar-refractivity contribution < 1.29 is 4.42 Å². The maximum atomic E-state index is 6.34. The summed E-state index contributed by atoms with van der Waals surface area (Å²) < 4.78 is 6.34. The number of hydrogen-bond donors (Lipinski definition) is 0. The van der Waals surface area contributed by atoms with Crippen LogP contribution in [0.4, 0.5) is 0 Å². The quantitative estimate of drug-likeness (QED) is 0.205. The number of pyridine rings is 1. The molecule has 0 atom stereocenters. The molecule has 0 aliphatic heterocycles. The highest BCUT2D eigenvalue weighted by Gasteiger charge is 2.17. The first-order chi connectivity index (χ1) is 21.3. The molecule has 5 nitrogen and oxygen atoms in total. The summed E-state index contributed by atoms with van der Waals surface area (Å²) in [5.74, 6) is 1.87. The van der Waals surface area contributed by atoms with Crippen LogP contribution in [0.3, 0.4) is 0 Å². The Morgan fingerprint density at radius 2 is 1.12 bits per heavy atom. The molecule has 0 unspecified atom stereocenters. The second kappa shape index (κ2) is 9.29. The third kappa shape index (κ3) is 3.79. The Morgan fingerprint density at radius 3 is 1.98 bits per heavy atom. The van der Waals surface area contributed by atoms with E-state index >= 15 is 0 Å². The molecule has 0 saturated carbocycles. The molecule has 6 aromatic carbocycles. The van der Waals surface area contributed by atoms with Gasteiger partial charge in [0.25, 0.3) is 0 Å². The minimum absolute atomic E-state index is 0.603. The number of hydrogen-bond acceptors (Lipinski definition) is 5. The molecule has 0 saturated heterocycles. The SMILES string of the molecule is c1ccc(-c2nc(-c3ccc4oc5c6ccccc6ncc5c4c3)nc(-c3cc4ccccc4c4ccccc34)n2)cc1. The summed E-state index contributed by atoms with van der Waals surface area (Å²) in [6, 6.07) is 43.3. The van der Waals surface area contributed by atoms with E-state index in [1.54, 1.807) is 0 Å². The molecule has 200 valence electrons. The molecule has 43 heavy (non-hydrogen) atoms. The molecule has 0 aliphatic rings. The molecular weight excluding hydrogens is 528 g/mol. The van der Waals surface area contributed by atoms with Crippen LogP contribution in [0.5, 0.6) is 0 Å². The van der Waals surface area contributed by atoms with Gasteiger partial charge in [-0.15, -0.1) is 0 Å². The van der Waals surface area contributed by atoms with Gasteiger partial charge in [0.05, 0.1) is 5.52 Å². The molecule has 0 fully saturated rings. The Kier molecular flexibility index (Phi) is 5.13. The van der Waals surface area contributed by atoms with Crippen LogP contribution in [0.1, 0.15) is 0 Å². The van der Waals surface area contributed by atoms with Crippen molar-refractivity contribution >= 4 is 54.4 Å². The molecule has 9 rings (SSSR count). The van der Waals surface area contributed by atoms with Crippen LogP contribution in [0.25, 0.3) is 88.5 Å². The normalized spacial score (nSPS) is 11.7. The minimum Gasteiger partial charge on any atom is -0.455 e. The van der Waals surface area contributed by atoms with Gasteiger partial charge in [-0.2, -0.15) is 0 Å². The van der Waals surface area contributed by atoms with Crippen molar-refractivity contribution in [2.45, 2.75) is 0 Å². The van der Waals surface area contributed by atoms with Gasteiger partial charge < -0.3 is 4.42 Å². The smallest absolute Gasteiger partial charge is 0.164 e. The van der Waals surface area contributed by atoms with Crippen LogP contribution < -0.4 is 0 Å². The van der Waals surface area contributed by atoms with Crippen molar-refractivity contribution in [1.29, 1.82) is 0 Å². The predicted octanol–water partition coefficient (Wildman–Crippen LogP) is 9.63. The minimum atomic E-state index is 0.603. The zero-order valence-electron chi connectivity index (χ0n) is 22.9. The molecule has 0 spiro atoms. The first-order valence-electron chi connectivity index (χ1n) is 14.2. The van der Waals surface area contributed by atoms with Crippen LogP contribution in [-0.2, 0) is 0 Å². The number of fused-ring (bicyclic) bond motifs is 8. The summed E-state index contributed by atoms with van der Waals surface area (Å²) in [4.78, 5) is 19.8. The highest BCUT2D eigenvalue weighted by molar-refractivity contribution is 6.15. The lowest BCUT2D eigenvalue weighted by molar-refractivity contribution is 0.672. The van der Waals surface area contributed by atoms with Crippen molar-refractivity contribution in [3.8, 4) is 34.2 Å². The maximum absolute atomic E-state index is 6.34. The standard InChI is InChI=1S/C38H22N4O/c1-2-10-23(11-3-1)36-40-37(25-18-19-34-30(21-25)32-22-39-33-17-9-8-16-29(33)35(32)43-34)42-38(41-36)31-20-24-12-4-5-13-26(24)27-14-6-7-15-28(27)31/h1-22H. The van der Waals surface area contributed by atoms with Gasteiger partial charge in [0.2, 0.25) is 0 Å². The maximum Gasteiger partial charge on any atom is 0.164 e. The van der Waals surface area contributed by atoms with Crippen molar-refractivity contribution in [3.05, 3.63) is 134 Å². The van der Waals surface area contributed by atoms with Gasteiger partial charge in [-0.3, -0.25) is 4.98 Å². The topological polar surface area (TPSA) is 64.7 Å². The second-order valence-electron chi connectivity index (χ2n) is 10.7. The van der Waals surface area contributed by atoms with Gasteiger partial charge in [-0.1, -0.05) is 91.0 Å². The van der Waals surface area contributed by atoms with E-state index in [-0.39, 0.29) is 0 Å². The van der Waals surface area contributed by atoms with Crippen molar-refractivity contribution in [3.63, 3.8) is 0 Å². The van der Waals surface area contributed by atoms with Gasteiger partial charge in [0, 0.05) is 39.0 Å². The summed E-state index contributed by atoms with van der Waals surface area (Å²) in [5.41, 5.74) is 5.33. The summed E-state index contributed by atoms with van der Waals surface area (Å²) in [6.45, 7) is 0. The van der Waals surface area contributed by atoms with Crippen molar-refractivity contribution in [1.82, 2.24) is 19.9 Å². The Hall–Kier alpha value is -5.94. The van der Waals surface area contributed by atoms with Crippen molar-refractivity contribution in [2.24, 2.45) is 0 Å². The highest BCUT2D eigenvalue weighted by atomic mass is 16.3. The first kappa shape index (κ1) is 23.7. The molecule has 0 N–H and O–H groups in total. The molecule has 9 aromatic rings. The van der Waals surface area contributed by atoms with Crippen LogP contribution in [0.15, 0.2) is 138 Å². The van der Waals surface area contributed by atoms with Crippen LogP contribution >= 0.6 is 0 Å². The number of nitrogens with zero attached hydrogens (tertiary/aromatic N) is 4. The molecule has 0 radical (unpaired) electrons. The van der Waals surface area contributed by atoms with Crippen molar-refractivity contribution in [2.75, 3.05) is 0 Å². The lowest BCUT2D eigenvalue weighted by atomic mass is 9.97. The lowest BCUT2D eigenvalue weighted by Crippen LogP contribution is -2.00. The Bertz CT molecular complexity index is 2520. The van der Waals surface area contributed by atoms with Crippen LogP contribution in [0, 0.1) is 0 Å². The van der Waals surface area contributed by atoms with Gasteiger partial charge in [0.15, 0.2) is 17.5 Å². The van der Waals surface area contributed by atoms with Gasteiger partial charge in [-0.05, 0) is 57.9 Å². The molecule has 0 bridgehead atoms. The number of benzene rings is 6. The van der Waals surface area contributed by atoms with Crippen LogP contribution in [0.2, 0.25) is 0 Å². The second-order valence-corrected chi connectivity index (χ2v) is 10.7. The van der Waals surface area contributed by atoms with E-state index in [1.807, 2.05) is 72.9 Å². The summed E-state index contributed by atoms with van der Waals surface area (Å²) in [6.07, 6.45) is 1.89. The Morgan fingerprint density at radius 1 is 0.442 bits per heavy atom. The van der Waals surface area contributed by atoms with Gasteiger partial charge in [0.1, 0.15) is 11.2 Å². The van der Waals surface area contributed by atoms with E-state index in [1.165, 1.54) is 10.8 Å². The number of rotatable bonds is 3. The van der Waals surface area contributed by atoms with E-state index in [4.69, 9.17) is 24.4 Å². The Labute approximate surface area is 246 Å². The van der Waals surface area contributed by atoms with E-state index in [2.05, 4.69) is 60.7 Å². The zero-order chi connectivity index (χ0) is 28.3. The zero-order valence-corrected chi connectivity index (χ0v) is 22.9. The largest absolute Gasteiger partial charge is 0.455 e. The molecule has 3 heterocycles. The molecule has 0 amide bonds.